The van der Waals surface area contributed by atoms with Crippen molar-refractivity contribution in [2.45, 2.75) is 137 Å². The lowest BCUT2D eigenvalue weighted by atomic mass is 9.97. The Morgan fingerprint density at radius 3 is 1.72 bits per heavy atom. The maximum absolute atomic E-state index is 2.62. The van der Waals surface area contributed by atoms with Gasteiger partial charge in [-0.05, 0) is 71.9 Å². The van der Waals surface area contributed by atoms with E-state index in [0.717, 1.165) is 5.92 Å². The minimum Gasteiger partial charge on any atom is -0.140 e. The van der Waals surface area contributed by atoms with Crippen molar-refractivity contribution in [1.82, 2.24) is 0 Å². The third-order valence-electron chi connectivity index (χ3n) is 9.13. The summed E-state index contributed by atoms with van der Waals surface area (Å²) in [6, 6.07) is 16.8. The lowest BCUT2D eigenvalue weighted by molar-refractivity contribution is 0.442. The predicted octanol–water partition coefficient (Wildman–Crippen LogP) is 10.6. The predicted molar refractivity (Wildman–Crippen MR) is 182 cm³/mol. The molecule has 1 unspecified atom stereocenters. The fraction of sp³-hybridized carbons (Fsp3) is 0.611. The third-order valence-corrected chi connectivity index (χ3v) is 16.9. The molecular formula is C36H54S2Si. The minimum atomic E-state index is -2.04. The van der Waals surface area contributed by atoms with Crippen molar-refractivity contribution in [3.05, 3.63) is 51.7 Å². The van der Waals surface area contributed by atoms with E-state index in [9.17, 15) is 0 Å². The van der Waals surface area contributed by atoms with Gasteiger partial charge in [-0.3, -0.25) is 0 Å². The summed E-state index contributed by atoms with van der Waals surface area (Å²) in [5, 5.41) is 5.19. The van der Waals surface area contributed by atoms with Crippen LogP contribution >= 0.6 is 22.7 Å². The second-order valence-electron chi connectivity index (χ2n) is 12.4. The number of benzene rings is 1. The summed E-state index contributed by atoms with van der Waals surface area (Å²) >= 11 is 4.13. The van der Waals surface area contributed by atoms with Crippen LogP contribution in [0.3, 0.4) is 0 Å². The largest absolute Gasteiger partial charge is 0.152 e. The van der Waals surface area contributed by atoms with E-state index in [1.54, 1.807) is 30.9 Å². The molecule has 0 spiro atoms. The molecule has 1 aliphatic rings. The van der Waals surface area contributed by atoms with Gasteiger partial charge in [0.1, 0.15) is 0 Å². The maximum atomic E-state index is 2.62. The van der Waals surface area contributed by atoms with Gasteiger partial charge in [0.25, 0.3) is 0 Å². The zero-order valence-corrected chi connectivity index (χ0v) is 28.3. The molecule has 0 fully saturated rings. The van der Waals surface area contributed by atoms with E-state index >= 15 is 0 Å². The second kappa shape index (κ2) is 15.2. The van der Waals surface area contributed by atoms with E-state index in [0.29, 0.717) is 0 Å². The molecule has 2 aromatic heterocycles. The number of thiophene rings is 2. The Labute approximate surface area is 249 Å². The number of hydrogen-bond acceptors (Lipinski definition) is 2. The smallest absolute Gasteiger partial charge is 0.140 e. The average molecular weight is 579 g/mol. The molecule has 1 atom stereocenters. The third kappa shape index (κ3) is 7.38. The molecule has 1 aromatic carbocycles. The molecule has 0 radical (unpaired) electrons. The van der Waals surface area contributed by atoms with Crippen molar-refractivity contribution >= 4 is 46.3 Å². The monoisotopic (exact) mass is 578 g/mol. The Kier molecular flexibility index (Phi) is 12.0. The molecule has 214 valence electrons. The van der Waals surface area contributed by atoms with Crippen molar-refractivity contribution in [2.75, 3.05) is 0 Å². The molecule has 0 nitrogen and oxygen atoms in total. The van der Waals surface area contributed by atoms with Crippen LogP contribution in [-0.4, -0.2) is 8.07 Å². The molecule has 0 bridgehead atoms. The second-order valence-corrected chi connectivity index (χ2v) is 18.8. The number of aryl methyl sites for hydroxylation is 3. The summed E-state index contributed by atoms with van der Waals surface area (Å²) in [6.07, 6.45) is 20.6. The fourth-order valence-corrected chi connectivity index (χ4v) is 16.3. The molecule has 39 heavy (non-hydrogen) atoms. The van der Waals surface area contributed by atoms with E-state index in [1.807, 2.05) is 0 Å². The Morgan fingerprint density at radius 2 is 1.13 bits per heavy atom. The lowest BCUT2D eigenvalue weighted by Gasteiger charge is -2.34. The highest BCUT2D eigenvalue weighted by molar-refractivity contribution is 7.31. The van der Waals surface area contributed by atoms with Crippen LogP contribution in [0, 0.1) is 19.8 Å². The first kappa shape index (κ1) is 30.8. The molecule has 3 aromatic rings. The molecule has 3 heteroatoms. The van der Waals surface area contributed by atoms with Crippen LogP contribution < -0.4 is 15.6 Å². The molecule has 0 saturated carbocycles. The molecule has 0 aliphatic carbocycles. The Balaban J connectivity index is 1.65. The van der Waals surface area contributed by atoms with Crippen LogP contribution in [0.15, 0.2) is 36.4 Å². The van der Waals surface area contributed by atoms with E-state index in [-0.39, 0.29) is 0 Å². The fourth-order valence-electron chi connectivity index (χ4n) is 6.99. The number of unbranched alkanes of at least 4 members (excludes halogenated alkanes) is 9. The first-order valence-electron chi connectivity index (χ1n) is 16.3. The van der Waals surface area contributed by atoms with Crippen LogP contribution in [0.1, 0.15) is 126 Å². The van der Waals surface area contributed by atoms with Gasteiger partial charge in [0.05, 0.1) is 0 Å². The van der Waals surface area contributed by atoms with Crippen LogP contribution in [0.4, 0.5) is 0 Å². The maximum Gasteiger partial charge on any atom is 0.152 e. The van der Waals surface area contributed by atoms with Crippen LogP contribution in [0.5, 0.6) is 0 Å². The van der Waals surface area contributed by atoms with E-state index < -0.39 is 8.07 Å². The van der Waals surface area contributed by atoms with Gasteiger partial charge in [-0.1, -0.05) is 129 Å². The Morgan fingerprint density at radius 1 is 0.615 bits per heavy atom. The molecule has 1 aliphatic heterocycles. The highest BCUT2D eigenvalue weighted by atomic mass is 32.1. The van der Waals surface area contributed by atoms with Crippen molar-refractivity contribution in [2.24, 2.45) is 5.92 Å². The quantitative estimate of drug-likeness (QED) is 0.104. The zero-order valence-electron chi connectivity index (χ0n) is 25.7. The van der Waals surface area contributed by atoms with Gasteiger partial charge in [0, 0.05) is 19.5 Å². The van der Waals surface area contributed by atoms with Crippen LogP contribution in [0.2, 0.25) is 6.04 Å². The van der Waals surface area contributed by atoms with E-state index in [2.05, 4.69) is 93.7 Å². The average Bonchev–Trinajstić information content (AvgIpc) is 3.58. The standard InChI is InChI=1S/C36H54S2Si/c1-6-9-12-14-15-17-19-30-21-23-32(24-22-30)39(27-31(18-11-8-3)20-16-13-10-7-2)33-25-28(4)37-35(33)36-34(39)26-29(5)38-36/h21-26,31H,6-20,27H2,1-5H3. The summed E-state index contributed by atoms with van der Waals surface area (Å²) in [5.74, 6) is 0.843. The molecular weight excluding hydrogens is 525 g/mol. The summed E-state index contributed by atoms with van der Waals surface area (Å²) in [4.78, 5) is 6.26. The molecule has 0 saturated heterocycles. The molecule has 0 amide bonds. The summed E-state index contributed by atoms with van der Waals surface area (Å²) in [7, 11) is -2.04. The Hall–Kier alpha value is -1.16. The first-order chi connectivity index (χ1) is 19.0. The summed E-state index contributed by atoms with van der Waals surface area (Å²) in [5.41, 5.74) is 1.54. The van der Waals surface area contributed by atoms with Gasteiger partial charge in [0.2, 0.25) is 0 Å². The van der Waals surface area contributed by atoms with Gasteiger partial charge in [-0.15, -0.1) is 22.7 Å². The first-order valence-corrected chi connectivity index (χ1v) is 20.2. The van der Waals surface area contributed by atoms with Gasteiger partial charge < -0.3 is 0 Å². The van der Waals surface area contributed by atoms with Crippen LogP contribution in [-0.2, 0) is 6.42 Å². The van der Waals surface area contributed by atoms with Gasteiger partial charge in [-0.25, -0.2) is 0 Å². The SMILES string of the molecule is CCCCCCCCc1ccc([Si]2(CC(CCCC)CCCCCC)c3cc(C)sc3-c3sc(C)cc32)cc1. The van der Waals surface area contributed by atoms with Crippen molar-refractivity contribution < 1.29 is 0 Å². The molecule has 0 N–H and O–H groups in total. The number of hydrogen-bond donors (Lipinski definition) is 0. The lowest BCUT2D eigenvalue weighted by Crippen LogP contribution is -2.65. The van der Waals surface area contributed by atoms with Crippen molar-refractivity contribution in [3.63, 3.8) is 0 Å². The van der Waals surface area contributed by atoms with Crippen molar-refractivity contribution in [1.29, 1.82) is 0 Å². The number of fused-ring (bicyclic) bond motifs is 3. The highest BCUT2D eigenvalue weighted by Gasteiger charge is 2.50. The van der Waals surface area contributed by atoms with E-state index in [1.165, 1.54) is 112 Å². The van der Waals surface area contributed by atoms with Gasteiger partial charge in [-0.2, -0.15) is 0 Å². The minimum absolute atomic E-state index is 0.843. The molecule has 3 heterocycles. The van der Waals surface area contributed by atoms with Crippen molar-refractivity contribution in [3.8, 4) is 9.75 Å². The van der Waals surface area contributed by atoms with E-state index in [4.69, 9.17) is 0 Å². The number of rotatable bonds is 18. The summed E-state index contributed by atoms with van der Waals surface area (Å²) in [6.45, 7) is 11.7. The zero-order chi connectivity index (χ0) is 27.7. The normalized spacial score (nSPS) is 14.5. The molecule has 4 rings (SSSR count). The summed E-state index contributed by atoms with van der Waals surface area (Å²) < 4.78 is 0. The van der Waals surface area contributed by atoms with Crippen LogP contribution in [0.25, 0.3) is 9.75 Å². The topological polar surface area (TPSA) is 0 Å². The van der Waals surface area contributed by atoms with Gasteiger partial charge in [0.15, 0.2) is 8.07 Å². The van der Waals surface area contributed by atoms with Gasteiger partial charge >= 0.3 is 0 Å². The highest BCUT2D eigenvalue weighted by Crippen LogP contribution is 2.42. The Bertz CT molecular complexity index is 1090.